The van der Waals surface area contributed by atoms with Gasteiger partial charge in [-0.05, 0) is 80.2 Å². The maximum Gasteiger partial charge on any atom is 0.142 e. The van der Waals surface area contributed by atoms with E-state index in [9.17, 15) is 5.11 Å². The van der Waals surface area contributed by atoms with Crippen LogP contribution in [-0.2, 0) is 32.2 Å². The highest BCUT2D eigenvalue weighted by molar-refractivity contribution is 5.61. The van der Waals surface area contributed by atoms with Crippen molar-refractivity contribution >= 4 is 5.69 Å². The Bertz CT molecular complexity index is 1040. The molecule has 1 aliphatic heterocycles. The molecule has 220 valence electrons. The molecule has 7 nitrogen and oxygen atoms in total. The molecule has 1 heterocycles. The molecule has 0 radical (unpaired) electrons. The number of benzene rings is 2. The predicted molar refractivity (Wildman–Crippen MR) is 156 cm³/mol. The van der Waals surface area contributed by atoms with Gasteiger partial charge in [0.15, 0.2) is 0 Å². The van der Waals surface area contributed by atoms with Gasteiger partial charge in [0.05, 0.1) is 50.4 Å². The fourth-order valence-corrected chi connectivity index (χ4v) is 5.89. The number of hydrogen-bond acceptors (Lipinski definition) is 7. The Hall–Kier alpha value is -2.16. The molecule has 7 heteroatoms. The van der Waals surface area contributed by atoms with Crippen molar-refractivity contribution in [3.8, 4) is 5.75 Å². The van der Waals surface area contributed by atoms with Gasteiger partial charge in [-0.3, -0.25) is 0 Å². The quantitative estimate of drug-likeness (QED) is 0.294. The van der Waals surface area contributed by atoms with Gasteiger partial charge < -0.3 is 33.7 Å². The van der Waals surface area contributed by atoms with Crippen LogP contribution in [0.2, 0.25) is 0 Å². The number of nitrogens with zero attached hydrogens (tertiary/aromatic N) is 1. The van der Waals surface area contributed by atoms with Crippen molar-refractivity contribution in [2.75, 3.05) is 51.5 Å². The second kappa shape index (κ2) is 14.6. The van der Waals surface area contributed by atoms with Gasteiger partial charge in [0.25, 0.3) is 0 Å². The van der Waals surface area contributed by atoms with Crippen LogP contribution in [0.4, 0.5) is 5.69 Å². The lowest BCUT2D eigenvalue weighted by Crippen LogP contribution is -2.38. The number of rotatable bonds is 15. The van der Waals surface area contributed by atoms with Gasteiger partial charge in [0.2, 0.25) is 0 Å². The van der Waals surface area contributed by atoms with Crippen LogP contribution >= 0.6 is 0 Å². The van der Waals surface area contributed by atoms with Crippen molar-refractivity contribution in [1.82, 2.24) is 0 Å². The van der Waals surface area contributed by atoms with Gasteiger partial charge in [-0.25, -0.2) is 0 Å². The van der Waals surface area contributed by atoms with E-state index < -0.39 is 6.10 Å². The number of aliphatic hydroxyl groups excluding tert-OH is 1. The normalized spacial score (nSPS) is 23.5. The van der Waals surface area contributed by atoms with Crippen LogP contribution in [0.3, 0.4) is 0 Å². The zero-order valence-corrected chi connectivity index (χ0v) is 24.3. The lowest BCUT2D eigenvalue weighted by atomic mass is 9.79. The summed E-state index contributed by atoms with van der Waals surface area (Å²) >= 11 is 0. The maximum absolute atomic E-state index is 9.92. The van der Waals surface area contributed by atoms with Gasteiger partial charge in [-0.2, -0.15) is 0 Å². The Balaban J connectivity index is 1.26. The molecule has 0 amide bonds. The van der Waals surface area contributed by atoms with E-state index in [2.05, 4.69) is 47.4 Å². The van der Waals surface area contributed by atoms with Crippen molar-refractivity contribution in [3.63, 3.8) is 0 Å². The Kier molecular flexibility index (Phi) is 10.7. The molecule has 0 unspecified atom stereocenters. The molecule has 0 spiro atoms. The van der Waals surface area contributed by atoms with Crippen molar-refractivity contribution in [2.24, 2.45) is 5.92 Å². The molecular formula is C33H47NO6. The molecule has 0 aromatic heterocycles. The summed E-state index contributed by atoms with van der Waals surface area (Å²) in [5.74, 6) is 1.82. The summed E-state index contributed by atoms with van der Waals surface area (Å²) in [6, 6.07) is 15.2. The first-order chi connectivity index (χ1) is 19.6. The first-order valence-electron chi connectivity index (χ1n) is 15.2. The van der Waals surface area contributed by atoms with Crippen LogP contribution in [-0.4, -0.2) is 70.0 Å². The van der Waals surface area contributed by atoms with Gasteiger partial charge in [-0.15, -0.1) is 0 Å². The van der Waals surface area contributed by atoms with Gasteiger partial charge in [0, 0.05) is 32.8 Å². The van der Waals surface area contributed by atoms with Gasteiger partial charge in [0.1, 0.15) is 12.4 Å². The molecule has 2 aromatic rings. The third kappa shape index (κ3) is 8.20. The van der Waals surface area contributed by atoms with E-state index in [1.54, 1.807) is 14.0 Å². The van der Waals surface area contributed by atoms with Gasteiger partial charge in [-0.1, -0.05) is 30.3 Å². The first kappa shape index (κ1) is 29.3. The highest BCUT2D eigenvalue weighted by Crippen LogP contribution is 2.39. The fraction of sp³-hybridized carbons (Fsp3) is 0.636. The molecule has 2 fully saturated rings. The monoisotopic (exact) mass is 553 g/mol. The number of aliphatic hydroxyl groups is 1. The minimum Gasteiger partial charge on any atom is -0.490 e. The number of fused-ring (bicyclic) bond motifs is 1. The SMILES string of the molecule is COCCCN1CCOc2ccc(CO[C@H]3CCC[C@@H](OC[C@@H](C)O)[C@@H]3c3ccc(COCC4CC4)cc3)cc21. The summed E-state index contributed by atoms with van der Waals surface area (Å²) in [5, 5.41) is 9.92. The van der Waals surface area contributed by atoms with E-state index in [1.807, 2.05) is 0 Å². The standard InChI is InChI=1S/C33H47NO6/c1-24(35)20-39-31-5-3-6-32(33(31)28-12-9-26(10-13-28)22-37-21-25-7-8-25)40-23-27-11-14-30-29(19-27)34(16-18-38-30)15-4-17-36-2/h9-14,19,24-25,31-33,35H,3-8,15-18,20-23H2,1-2H3/t24-,31-,32+,33+/m1/s1. The molecular weight excluding hydrogens is 506 g/mol. The average Bonchev–Trinajstić information content (AvgIpc) is 3.80. The summed E-state index contributed by atoms with van der Waals surface area (Å²) in [6.45, 7) is 7.48. The maximum atomic E-state index is 9.92. The Morgan fingerprint density at radius 3 is 2.50 bits per heavy atom. The van der Waals surface area contributed by atoms with Crippen LogP contribution < -0.4 is 9.64 Å². The van der Waals surface area contributed by atoms with E-state index in [-0.39, 0.29) is 18.1 Å². The fourth-order valence-electron chi connectivity index (χ4n) is 5.89. The molecule has 3 aliphatic rings. The number of hydrogen-bond donors (Lipinski definition) is 1. The molecule has 2 aromatic carbocycles. The Morgan fingerprint density at radius 2 is 1.75 bits per heavy atom. The van der Waals surface area contributed by atoms with Crippen LogP contribution in [0.15, 0.2) is 42.5 Å². The molecule has 0 bridgehead atoms. The first-order valence-corrected chi connectivity index (χ1v) is 15.2. The molecule has 2 aliphatic carbocycles. The largest absolute Gasteiger partial charge is 0.490 e. The second-order valence-corrected chi connectivity index (χ2v) is 11.7. The minimum absolute atomic E-state index is 0.0125. The summed E-state index contributed by atoms with van der Waals surface area (Å²) in [5.41, 5.74) is 4.72. The molecule has 0 saturated heterocycles. The highest BCUT2D eigenvalue weighted by Gasteiger charge is 2.36. The molecule has 2 saturated carbocycles. The van der Waals surface area contributed by atoms with Crippen molar-refractivity contribution in [3.05, 3.63) is 59.2 Å². The van der Waals surface area contributed by atoms with Crippen LogP contribution in [0.25, 0.3) is 0 Å². The van der Waals surface area contributed by atoms with Crippen molar-refractivity contribution < 1.29 is 28.8 Å². The van der Waals surface area contributed by atoms with Crippen LogP contribution in [0.5, 0.6) is 5.75 Å². The van der Waals surface area contributed by atoms with E-state index in [0.29, 0.717) is 26.4 Å². The predicted octanol–water partition coefficient (Wildman–Crippen LogP) is 5.47. The lowest BCUT2D eigenvalue weighted by Gasteiger charge is -2.38. The summed E-state index contributed by atoms with van der Waals surface area (Å²) in [4.78, 5) is 2.39. The van der Waals surface area contributed by atoms with E-state index in [1.165, 1.54) is 24.0 Å². The average molecular weight is 554 g/mol. The third-order valence-electron chi connectivity index (χ3n) is 8.24. The minimum atomic E-state index is -0.488. The van der Waals surface area contributed by atoms with E-state index in [4.69, 9.17) is 23.7 Å². The summed E-state index contributed by atoms with van der Waals surface area (Å²) < 4.78 is 30.0. The highest BCUT2D eigenvalue weighted by atomic mass is 16.5. The Labute approximate surface area is 239 Å². The molecule has 1 N–H and O–H groups in total. The van der Waals surface area contributed by atoms with E-state index >= 15 is 0 Å². The number of ether oxygens (including phenoxy) is 5. The van der Waals surface area contributed by atoms with Crippen LogP contribution in [0.1, 0.15) is 68.1 Å². The van der Waals surface area contributed by atoms with Crippen molar-refractivity contribution in [2.45, 2.75) is 82.9 Å². The number of methoxy groups -OCH3 is 1. The Morgan fingerprint density at radius 1 is 0.975 bits per heavy atom. The smallest absolute Gasteiger partial charge is 0.142 e. The third-order valence-corrected chi connectivity index (χ3v) is 8.24. The second-order valence-electron chi connectivity index (χ2n) is 11.7. The molecule has 40 heavy (non-hydrogen) atoms. The van der Waals surface area contributed by atoms with Crippen molar-refractivity contribution in [1.29, 1.82) is 0 Å². The lowest BCUT2D eigenvalue weighted by molar-refractivity contribution is -0.0835. The topological polar surface area (TPSA) is 69.6 Å². The molecule has 4 atom stereocenters. The molecule has 5 rings (SSSR count). The zero-order valence-electron chi connectivity index (χ0n) is 24.3. The van der Waals surface area contributed by atoms with Gasteiger partial charge >= 0.3 is 0 Å². The number of anilines is 1. The van der Waals surface area contributed by atoms with E-state index in [0.717, 1.165) is 74.9 Å². The summed E-state index contributed by atoms with van der Waals surface area (Å²) in [7, 11) is 1.75. The zero-order chi connectivity index (χ0) is 27.7. The summed E-state index contributed by atoms with van der Waals surface area (Å²) in [6.07, 6.45) is 6.16. The van der Waals surface area contributed by atoms with Crippen LogP contribution in [0, 0.1) is 5.92 Å².